The van der Waals surface area contributed by atoms with Crippen molar-refractivity contribution in [1.82, 2.24) is 0 Å². The van der Waals surface area contributed by atoms with Crippen LogP contribution in [0.3, 0.4) is 0 Å². The van der Waals surface area contributed by atoms with Gasteiger partial charge in [-0.05, 0) is 31.5 Å². The Balaban J connectivity index is 2.63. The molecule has 0 bridgehead atoms. The van der Waals surface area contributed by atoms with Crippen molar-refractivity contribution in [2.75, 3.05) is 6.54 Å². The van der Waals surface area contributed by atoms with Crippen molar-refractivity contribution in [2.24, 2.45) is 11.5 Å². The van der Waals surface area contributed by atoms with Crippen molar-refractivity contribution in [3.05, 3.63) is 21.9 Å². The molecule has 0 radical (unpaired) electrons. The molecule has 3 nitrogen and oxygen atoms in total. The van der Waals surface area contributed by atoms with Crippen molar-refractivity contribution in [1.29, 1.82) is 0 Å². The third kappa shape index (κ3) is 2.78. The lowest BCUT2D eigenvalue weighted by Gasteiger charge is -2.16. The van der Waals surface area contributed by atoms with E-state index in [1.165, 1.54) is 4.88 Å². The molecule has 80 valence electrons. The van der Waals surface area contributed by atoms with Crippen molar-refractivity contribution < 1.29 is 5.11 Å². The quantitative estimate of drug-likeness (QED) is 0.685. The summed E-state index contributed by atoms with van der Waals surface area (Å²) in [6.07, 6.45) is 1.09. The van der Waals surface area contributed by atoms with E-state index in [9.17, 15) is 5.11 Å². The molecule has 4 heteroatoms. The number of hydrogen-bond donors (Lipinski definition) is 3. The minimum atomic E-state index is -0.566. The minimum absolute atomic E-state index is 0.247. The Bertz CT molecular complexity index is 275. The SMILES string of the molecule is CCc1ccc(C(O)C(N)CCN)s1. The molecule has 5 N–H and O–H groups in total. The number of aliphatic hydroxyl groups excluding tert-OH is 1. The molecule has 2 unspecified atom stereocenters. The van der Waals surface area contributed by atoms with Crippen LogP contribution in [0.1, 0.15) is 29.2 Å². The second-order valence-corrected chi connectivity index (χ2v) is 4.54. The van der Waals surface area contributed by atoms with E-state index in [4.69, 9.17) is 11.5 Å². The molecule has 0 aromatic carbocycles. The van der Waals surface area contributed by atoms with Gasteiger partial charge in [0.2, 0.25) is 0 Å². The van der Waals surface area contributed by atoms with Crippen molar-refractivity contribution in [3.8, 4) is 0 Å². The van der Waals surface area contributed by atoms with Crippen LogP contribution in [0.5, 0.6) is 0 Å². The number of nitrogens with two attached hydrogens (primary N) is 2. The Hall–Kier alpha value is -0.420. The highest BCUT2D eigenvalue weighted by Crippen LogP contribution is 2.25. The maximum atomic E-state index is 9.86. The summed E-state index contributed by atoms with van der Waals surface area (Å²) in [5, 5.41) is 9.86. The predicted octanol–water partition coefficient (Wildman–Crippen LogP) is 1.02. The Labute approximate surface area is 88.7 Å². The molecule has 0 saturated carbocycles. The van der Waals surface area contributed by atoms with E-state index in [-0.39, 0.29) is 6.04 Å². The number of hydrogen-bond acceptors (Lipinski definition) is 4. The van der Waals surface area contributed by atoms with E-state index in [1.807, 2.05) is 12.1 Å². The Morgan fingerprint density at radius 2 is 2.21 bits per heavy atom. The van der Waals surface area contributed by atoms with Crippen LogP contribution in [0.4, 0.5) is 0 Å². The molecule has 0 amide bonds. The lowest BCUT2D eigenvalue weighted by molar-refractivity contribution is 0.147. The molecule has 14 heavy (non-hydrogen) atoms. The van der Waals surface area contributed by atoms with Crippen LogP contribution in [-0.4, -0.2) is 17.7 Å². The molecule has 0 fully saturated rings. The second kappa shape index (κ2) is 5.46. The van der Waals surface area contributed by atoms with Crippen molar-refractivity contribution in [2.45, 2.75) is 31.9 Å². The van der Waals surface area contributed by atoms with Crippen LogP contribution in [0, 0.1) is 0 Å². The predicted molar refractivity (Wildman–Crippen MR) is 60.3 cm³/mol. The summed E-state index contributed by atoms with van der Waals surface area (Å²) in [5.41, 5.74) is 11.2. The highest BCUT2D eigenvalue weighted by molar-refractivity contribution is 7.12. The first kappa shape index (κ1) is 11.7. The maximum Gasteiger partial charge on any atom is 0.103 e. The summed E-state index contributed by atoms with van der Waals surface area (Å²) in [4.78, 5) is 2.22. The van der Waals surface area contributed by atoms with Gasteiger partial charge < -0.3 is 16.6 Å². The van der Waals surface area contributed by atoms with Gasteiger partial charge >= 0.3 is 0 Å². The molecular weight excluding hydrogens is 196 g/mol. The van der Waals surface area contributed by atoms with Gasteiger partial charge in [-0.3, -0.25) is 0 Å². The summed E-state index contributed by atoms with van der Waals surface area (Å²) >= 11 is 1.62. The Kier molecular flexibility index (Phi) is 4.54. The standard InChI is InChI=1S/C10H18N2OS/c1-2-7-3-4-9(14-7)10(13)8(12)5-6-11/h3-4,8,10,13H,2,5-6,11-12H2,1H3. The fourth-order valence-electron chi connectivity index (χ4n) is 1.30. The highest BCUT2D eigenvalue weighted by atomic mass is 32.1. The molecular formula is C10H18N2OS. The molecule has 2 atom stereocenters. The van der Waals surface area contributed by atoms with Crippen LogP contribution < -0.4 is 11.5 Å². The molecule has 0 saturated heterocycles. The monoisotopic (exact) mass is 214 g/mol. The van der Waals surface area contributed by atoms with Gasteiger partial charge in [-0.2, -0.15) is 0 Å². The van der Waals surface area contributed by atoms with Crippen molar-refractivity contribution in [3.63, 3.8) is 0 Å². The van der Waals surface area contributed by atoms with E-state index < -0.39 is 6.10 Å². The summed E-state index contributed by atoms with van der Waals surface area (Å²) in [6, 6.07) is 3.74. The van der Waals surface area contributed by atoms with E-state index >= 15 is 0 Å². The van der Waals surface area contributed by atoms with Crippen LogP contribution >= 0.6 is 11.3 Å². The highest BCUT2D eigenvalue weighted by Gasteiger charge is 2.17. The van der Waals surface area contributed by atoms with Crippen LogP contribution in [-0.2, 0) is 6.42 Å². The van der Waals surface area contributed by atoms with Gasteiger partial charge in [-0.25, -0.2) is 0 Å². The van der Waals surface area contributed by atoms with Gasteiger partial charge in [0.1, 0.15) is 6.10 Å². The van der Waals surface area contributed by atoms with Gasteiger partial charge in [0.15, 0.2) is 0 Å². The number of thiophene rings is 1. The summed E-state index contributed by atoms with van der Waals surface area (Å²) in [7, 11) is 0. The van der Waals surface area contributed by atoms with E-state index in [1.54, 1.807) is 11.3 Å². The second-order valence-electron chi connectivity index (χ2n) is 3.34. The third-order valence-corrected chi connectivity index (χ3v) is 3.53. The lowest BCUT2D eigenvalue weighted by atomic mass is 10.1. The molecule has 0 aliphatic heterocycles. The van der Waals surface area contributed by atoms with Gasteiger partial charge in [0.05, 0.1) is 0 Å². The molecule has 1 aromatic rings. The molecule has 0 aliphatic carbocycles. The van der Waals surface area contributed by atoms with Crippen LogP contribution in [0.2, 0.25) is 0 Å². The van der Waals surface area contributed by atoms with Gasteiger partial charge in [0, 0.05) is 15.8 Å². The first-order valence-corrected chi connectivity index (χ1v) is 5.73. The fraction of sp³-hybridized carbons (Fsp3) is 0.600. The first-order valence-electron chi connectivity index (χ1n) is 4.91. The molecule has 0 spiro atoms. The van der Waals surface area contributed by atoms with Crippen LogP contribution in [0.25, 0.3) is 0 Å². The van der Waals surface area contributed by atoms with Gasteiger partial charge in [-0.15, -0.1) is 11.3 Å². The Morgan fingerprint density at radius 1 is 1.50 bits per heavy atom. The summed E-state index contributed by atoms with van der Waals surface area (Å²) in [6.45, 7) is 2.62. The largest absolute Gasteiger partial charge is 0.386 e. The molecule has 1 aromatic heterocycles. The normalized spacial score (nSPS) is 15.4. The molecule has 1 heterocycles. The number of aliphatic hydroxyl groups is 1. The van der Waals surface area contributed by atoms with E-state index in [0.717, 1.165) is 11.3 Å². The average molecular weight is 214 g/mol. The first-order chi connectivity index (χ1) is 6.69. The third-order valence-electron chi connectivity index (χ3n) is 2.23. The minimum Gasteiger partial charge on any atom is -0.386 e. The van der Waals surface area contributed by atoms with E-state index in [2.05, 4.69) is 6.92 Å². The van der Waals surface area contributed by atoms with Gasteiger partial charge in [-0.1, -0.05) is 6.92 Å². The number of aryl methyl sites for hydroxylation is 1. The molecule has 0 aliphatic rings. The van der Waals surface area contributed by atoms with E-state index in [0.29, 0.717) is 13.0 Å². The fourth-order valence-corrected chi connectivity index (χ4v) is 2.32. The number of rotatable bonds is 5. The zero-order chi connectivity index (χ0) is 10.6. The van der Waals surface area contributed by atoms with Gasteiger partial charge in [0.25, 0.3) is 0 Å². The topological polar surface area (TPSA) is 72.3 Å². The zero-order valence-corrected chi connectivity index (χ0v) is 9.26. The maximum absolute atomic E-state index is 9.86. The lowest BCUT2D eigenvalue weighted by Crippen LogP contribution is -2.30. The smallest absolute Gasteiger partial charge is 0.103 e. The van der Waals surface area contributed by atoms with Crippen molar-refractivity contribution >= 4 is 11.3 Å². The average Bonchev–Trinajstić information content (AvgIpc) is 2.65. The summed E-state index contributed by atoms with van der Waals surface area (Å²) in [5.74, 6) is 0. The Morgan fingerprint density at radius 3 is 2.71 bits per heavy atom. The summed E-state index contributed by atoms with van der Waals surface area (Å²) < 4.78 is 0. The van der Waals surface area contributed by atoms with Crippen LogP contribution in [0.15, 0.2) is 12.1 Å². The molecule has 1 rings (SSSR count). The zero-order valence-electron chi connectivity index (χ0n) is 8.44.